The molecule has 0 atom stereocenters. The summed E-state index contributed by atoms with van der Waals surface area (Å²) in [5, 5.41) is 7.56. The fourth-order valence-electron chi connectivity index (χ4n) is 2.40. The van der Waals surface area contributed by atoms with Crippen molar-refractivity contribution in [2.75, 3.05) is 26.7 Å². The number of nitrogens with zero attached hydrogens (tertiary/aromatic N) is 5. The second-order valence-corrected chi connectivity index (χ2v) is 5.25. The SMILES string of the molecule is CN1CCN(C(=O)c2cnnn2C)C(C)(C)C1. The van der Waals surface area contributed by atoms with E-state index in [2.05, 4.69) is 36.1 Å². The molecule has 1 fully saturated rings. The summed E-state index contributed by atoms with van der Waals surface area (Å²) < 4.78 is 1.52. The van der Waals surface area contributed by atoms with Gasteiger partial charge in [-0.15, -0.1) is 5.10 Å². The quantitative estimate of drug-likeness (QED) is 0.689. The van der Waals surface area contributed by atoms with Crippen LogP contribution in [0.15, 0.2) is 6.20 Å². The summed E-state index contributed by atoms with van der Waals surface area (Å²) >= 11 is 0. The molecule has 1 aromatic rings. The number of piperazine rings is 1. The summed E-state index contributed by atoms with van der Waals surface area (Å²) in [4.78, 5) is 16.6. The van der Waals surface area contributed by atoms with Crippen LogP contribution in [0.1, 0.15) is 24.3 Å². The summed E-state index contributed by atoms with van der Waals surface area (Å²) in [5.74, 6) is 0.00981. The summed E-state index contributed by atoms with van der Waals surface area (Å²) in [6.45, 7) is 6.70. The van der Waals surface area contributed by atoms with Crippen molar-refractivity contribution in [1.82, 2.24) is 24.8 Å². The fraction of sp³-hybridized carbons (Fsp3) is 0.727. The number of hydrogen-bond acceptors (Lipinski definition) is 4. The topological polar surface area (TPSA) is 54.3 Å². The number of carbonyl (C=O) groups is 1. The average Bonchev–Trinajstić information content (AvgIpc) is 2.62. The summed E-state index contributed by atoms with van der Waals surface area (Å²) in [6.07, 6.45) is 1.52. The van der Waals surface area contributed by atoms with Crippen LogP contribution in [-0.2, 0) is 7.05 Å². The van der Waals surface area contributed by atoms with Gasteiger partial charge in [-0.1, -0.05) is 5.21 Å². The van der Waals surface area contributed by atoms with Crippen LogP contribution < -0.4 is 0 Å². The van der Waals surface area contributed by atoms with Crippen LogP contribution in [-0.4, -0.2) is 62.9 Å². The standard InChI is InChI=1S/C11H19N5O/c1-11(2)8-14(3)5-6-16(11)10(17)9-7-12-13-15(9)4/h7H,5-6,8H2,1-4H3. The first kappa shape index (κ1) is 12.0. The molecular weight excluding hydrogens is 218 g/mol. The summed E-state index contributed by atoms with van der Waals surface area (Å²) in [7, 11) is 3.82. The maximum atomic E-state index is 12.4. The van der Waals surface area contributed by atoms with Gasteiger partial charge in [0.05, 0.1) is 11.7 Å². The van der Waals surface area contributed by atoms with Crippen molar-refractivity contribution < 1.29 is 4.79 Å². The molecule has 1 aromatic heterocycles. The van der Waals surface area contributed by atoms with E-state index in [1.807, 2.05) is 4.90 Å². The van der Waals surface area contributed by atoms with E-state index in [-0.39, 0.29) is 11.4 Å². The third-order valence-corrected chi connectivity index (χ3v) is 3.27. The normalized spacial score (nSPS) is 20.6. The molecule has 0 N–H and O–H groups in total. The Morgan fingerprint density at radius 2 is 2.06 bits per heavy atom. The third-order valence-electron chi connectivity index (χ3n) is 3.27. The Morgan fingerprint density at radius 3 is 2.59 bits per heavy atom. The Morgan fingerprint density at radius 1 is 1.35 bits per heavy atom. The van der Waals surface area contributed by atoms with E-state index in [4.69, 9.17) is 0 Å². The first-order valence-corrected chi connectivity index (χ1v) is 5.77. The molecule has 0 radical (unpaired) electrons. The van der Waals surface area contributed by atoms with E-state index < -0.39 is 0 Å². The Labute approximate surface area is 101 Å². The molecule has 6 nitrogen and oxygen atoms in total. The van der Waals surface area contributed by atoms with Crippen LogP contribution in [0.5, 0.6) is 0 Å². The molecule has 1 aliphatic heterocycles. The second kappa shape index (κ2) is 4.10. The van der Waals surface area contributed by atoms with Gasteiger partial charge in [0.25, 0.3) is 5.91 Å². The molecule has 0 bridgehead atoms. The maximum absolute atomic E-state index is 12.4. The number of carbonyl (C=O) groups excluding carboxylic acids is 1. The van der Waals surface area contributed by atoms with Crippen molar-refractivity contribution in [2.45, 2.75) is 19.4 Å². The molecular formula is C11H19N5O. The molecule has 94 valence electrons. The highest BCUT2D eigenvalue weighted by Gasteiger charge is 2.36. The molecule has 1 saturated heterocycles. The fourth-order valence-corrected chi connectivity index (χ4v) is 2.40. The number of hydrogen-bond donors (Lipinski definition) is 0. The van der Waals surface area contributed by atoms with E-state index in [9.17, 15) is 4.79 Å². The van der Waals surface area contributed by atoms with Gasteiger partial charge in [0.2, 0.25) is 0 Å². The first-order valence-electron chi connectivity index (χ1n) is 5.77. The number of aromatic nitrogens is 3. The van der Waals surface area contributed by atoms with Crippen molar-refractivity contribution >= 4 is 5.91 Å². The van der Waals surface area contributed by atoms with E-state index in [0.717, 1.165) is 19.6 Å². The van der Waals surface area contributed by atoms with Crippen LogP contribution in [0.4, 0.5) is 0 Å². The molecule has 6 heteroatoms. The zero-order valence-corrected chi connectivity index (χ0v) is 10.8. The van der Waals surface area contributed by atoms with E-state index in [0.29, 0.717) is 5.69 Å². The Hall–Kier alpha value is -1.43. The molecule has 0 aliphatic carbocycles. The monoisotopic (exact) mass is 237 g/mol. The van der Waals surface area contributed by atoms with Gasteiger partial charge in [0.15, 0.2) is 0 Å². The van der Waals surface area contributed by atoms with Crippen LogP contribution in [0, 0.1) is 0 Å². The van der Waals surface area contributed by atoms with Crippen LogP contribution in [0.2, 0.25) is 0 Å². The predicted molar refractivity (Wildman–Crippen MR) is 63.6 cm³/mol. The van der Waals surface area contributed by atoms with Crippen molar-refractivity contribution in [3.8, 4) is 0 Å². The number of aryl methyl sites for hydroxylation is 1. The van der Waals surface area contributed by atoms with Crippen molar-refractivity contribution in [3.05, 3.63) is 11.9 Å². The minimum Gasteiger partial charge on any atom is -0.330 e. The minimum absolute atomic E-state index is 0.00981. The van der Waals surface area contributed by atoms with Crippen LogP contribution in [0.3, 0.4) is 0 Å². The summed E-state index contributed by atoms with van der Waals surface area (Å²) in [5.41, 5.74) is 0.386. The van der Waals surface area contributed by atoms with Gasteiger partial charge in [0, 0.05) is 26.7 Å². The molecule has 17 heavy (non-hydrogen) atoms. The molecule has 1 aliphatic rings. The average molecular weight is 237 g/mol. The van der Waals surface area contributed by atoms with Crippen molar-refractivity contribution in [3.63, 3.8) is 0 Å². The molecule has 0 spiro atoms. The molecule has 2 heterocycles. The molecule has 2 rings (SSSR count). The molecule has 0 aromatic carbocycles. The zero-order chi connectivity index (χ0) is 12.6. The van der Waals surface area contributed by atoms with Gasteiger partial charge in [-0.05, 0) is 20.9 Å². The van der Waals surface area contributed by atoms with E-state index in [1.54, 1.807) is 7.05 Å². The highest BCUT2D eigenvalue weighted by molar-refractivity contribution is 5.92. The number of rotatable bonds is 1. The molecule has 0 saturated carbocycles. The number of likely N-dealkylation sites (N-methyl/N-ethyl adjacent to an activating group) is 1. The van der Waals surface area contributed by atoms with Gasteiger partial charge in [-0.3, -0.25) is 4.79 Å². The largest absolute Gasteiger partial charge is 0.330 e. The van der Waals surface area contributed by atoms with Gasteiger partial charge in [-0.2, -0.15) is 0 Å². The van der Waals surface area contributed by atoms with E-state index >= 15 is 0 Å². The Bertz CT molecular complexity index is 425. The van der Waals surface area contributed by atoms with Crippen molar-refractivity contribution in [1.29, 1.82) is 0 Å². The predicted octanol–water partition coefficient (Wildman–Crippen LogP) is -0.0187. The molecule has 1 amide bonds. The lowest BCUT2D eigenvalue weighted by Crippen LogP contribution is -2.60. The van der Waals surface area contributed by atoms with Crippen LogP contribution in [0.25, 0.3) is 0 Å². The first-order chi connectivity index (χ1) is 7.92. The maximum Gasteiger partial charge on any atom is 0.274 e. The lowest BCUT2D eigenvalue weighted by molar-refractivity contribution is 0.0239. The van der Waals surface area contributed by atoms with Gasteiger partial charge >= 0.3 is 0 Å². The molecule has 0 unspecified atom stereocenters. The minimum atomic E-state index is -0.158. The lowest BCUT2D eigenvalue weighted by Gasteiger charge is -2.45. The summed E-state index contributed by atoms with van der Waals surface area (Å²) in [6, 6.07) is 0. The van der Waals surface area contributed by atoms with Gasteiger partial charge < -0.3 is 9.80 Å². The van der Waals surface area contributed by atoms with Crippen LogP contribution >= 0.6 is 0 Å². The Kier molecular flexibility index (Phi) is 2.91. The smallest absolute Gasteiger partial charge is 0.274 e. The van der Waals surface area contributed by atoms with Crippen molar-refractivity contribution in [2.24, 2.45) is 7.05 Å². The second-order valence-electron chi connectivity index (χ2n) is 5.25. The Balaban J connectivity index is 2.23. The highest BCUT2D eigenvalue weighted by Crippen LogP contribution is 2.22. The zero-order valence-electron chi connectivity index (χ0n) is 10.8. The van der Waals surface area contributed by atoms with Gasteiger partial charge in [-0.25, -0.2) is 4.68 Å². The number of amides is 1. The highest BCUT2D eigenvalue weighted by atomic mass is 16.2. The van der Waals surface area contributed by atoms with Gasteiger partial charge in [0.1, 0.15) is 5.69 Å². The third kappa shape index (κ3) is 2.17. The lowest BCUT2D eigenvalue weighted by atomic mass is 9.98. The van der Waals surface area contributed by atoms with E-state index in [1.165, 1.54) is 10.9 Å².